The van der Waals surface area contributed by atoms with Gasteiger partial charge in [-0.25, -0.2) is 0 Å². The fourth-order valence-corrected chi connectivity index (χ4v) is 3.95. The lowest BCUT2D eigenvalue weighted by atomic mass is 10.1. The summed E-state index contributed by atoms with van der Waals surface area (Å²) in [5, 5.41) is 12.4. The highest BCUT2D eigenvalue weighted by Gasteiger charge is 2.19. The van der Waals surface area contributed by atoms with Crippen molar-refractivity contribution in [1.82, 2.24) is 25.0 Å². The van der Waals surface area contributed by atoms with E-state index in [1.165, 1.54) is 11.8 Å². The fraction of sp³-hybridized carbons (Fsp3) is 0.381. The summed E-state index contributed by atoms with van der Waals surface area (Å²) in [4.78, 5) is 14.4. The van der Waals surface area contributed by atoms with Gasteiger partial charge in [0.25, 0.3) is 0 Å². The summed E-state index contributed by atoms with van der Waals surface area (Å²) < 4.78 is 7.53. The third-order valence-corrected chi connectivity index (χ3v) is 5.71. The summed E-state index contributed by atoms with van der Waals surface area (Å²) >= 11 is 1.40. The minimum atomic E-state index is -0.0449. The molecule has 0 aliphatic rings. The summed E-state index contributed by atoms with van der Waals surface area (Å²) in [5.41, 5.74) is 2.21. The van der Waals surface area contributed by atoms with Crippen molar-refractivity contribution in [3.05, 3.63) is 54.0 Å². The Bertz CT molecular complexity index is 936. The van der Waals surface area contributed by atoms with Crippen LogP contribution < -0.4 is 5.32 Å². The number of likely N-dealkylation sites (N-methyl/N-ethyl adjacent to an activating group) is 1. The number of rotatable bonds is 9. The molecular weight excluding hydrogens is 386 g/mol. The summed E-state index contributed by atoms with van der Waals surface area (Å²) in [7, 11) is 3.93. The molecular formula is C21H27N5O2S. The van der Waals surface area contributed by atoms with Crippen molar-refractivity contribution in [2.75, 3.05) is 26.4 Å². The first-order valence-electron chi connectivity index (χ1n) is 9.59. The molecule has 2 aromatic heterocycles. The summed E-state index contributed by atoms with van der Waals surface area (Å²) in [6.45, 7) is 5.33. The van der Waals surface area contributed by atoms with Gasteiger partial charge in [0.15, 0.2) is 11.0 Å². The van der Waals surface area contributed by atoms with E-state index in [1.54, 1.807) is 6.26 Å². The Morgan fingerprint density at radius 3 is 2.69 bits per heavy atom. The number of aryl methyl sites for hydroxylation is 1. The van der Waals surface area contributed by atoms with E-state index in [0.717, 1.165) is 34.4 Å². The molecule has 3 aromatic rings. The van der Waals surface area contributed by atoms with Crippen LogP contribution in [0.1, 0.15) is 24.3 Å². The highest BCUT2D eigenvalue weighted by molar-refractivity contribution is 7.99. The third-order valence-electron chi connectivity index (χ3n) is 4.74. The molecule has 1 N–H and O–H groups in total. The average molecular weight is 414 g/mol. The average Bonchev–Trinajstić information content (AvgIpc) is 3.36. The number of hydrogen-bond acceptors (Lipinski definition) is 6. The maximum absolute atomic E-state index is 12.4. The van der Waals surface area contributed by atoms with Crippen LogP contribution in [0.4, 0.5) is 0 Å². The first kappa shape index (κ1) is 21.1. The normalized spacial score (nSPS) is 12.3. The highest BCUT2D eigenvalue weighted by atomic mass is 32.2. The highest BCUT2D eigenvalue weighted by Crippen LogP contribution is 2.26. The molecule has 29 heavy (non-hydrogen) atoms. The molecule has 0 saturated carbocycles. The molecule has 8 heteroatoms. The van der Waals surface area contributed by atoms with Crippen molar-refractivity contribution in [3.63, 3.8) is 0 Å². The second-order valence-electron chi connectivity index (χ2n) is 6.95. The first-order valence-corrected chi connectivity index (χ1v) is 10.6. The van der Waals surface area contributed by atoms with Gasteiger partial charge >= 0.3 is 0 Å². The van der Waals surface area contributed by atoms with Crippen molar-refractivity contribution in [2.24, 2.45) is 0 Å². The third kappa shape index (κ3) is 5.07. The van der Waals surface area contributed by atoms with Crippen LogP contribution in [0.2, 0.25) is 0 Å². The minimum absolute atomic E-state index is 0.00842. The molecule has 7 nitrogen and oxygen atoms in total. The maximum atomic E-state index is 12.4. The Hall–Kier alpha value is -2.58. The molecule has 1 unspecified atom stereocenters. The summed E-state index contributed by atoms with van der Waals surface area (Å²) in [6, 6.07) is 11.9. The zero-order valence-corrected chi connectivity index (χ0v) is 18.1. The second kappa shape index (κ2) is 9.76. The van der Waals surface area contributed by atoms with Crippen LogP contribution in [0.15, 0.2) is 52.2 Å². The monoisotopic (exact) mass is 413 g/mol. The Kier molecular flexibility index (Phi) is 7.11. The zero-order valence-electron chi connectivity index (χ0n) is 17.3. The lowest BCUT2D eigenvalue weighted by molar-refractivity contribution is -0.118. The predicted octanol–water partition coefficient (Wildman–Crippen LogP) is 3.38. The van der Waals surface area contributed by atoms with Crippen LogP contribution in [-0.4, -0.2) is 52.0 Å². The van der Waals surface area contributed by atoms with Crippen molar-refractivity contribution in [3.8, 4) is 11.4 Å². The van der Waals surface area contributed by atoms with E-state index in [2.05, 4.69) is 35.4 Å². The summed E-state index contributed by atoms with van der Waals surface area (Å²) in [5.74, 6) is 1.90. The van der Waals surface area contributed by atoms with Gasteiger partial charge in [-0.05, 0) is 45.6 Å². The lowest BCUT2D eigenvalue weighted by Crippen LogP contribution is -2.35. The number of thioether (sulfide) groups is 1. The van der Waals surface area contributed by atoms with E-state index in [-0.39, 0.29) is 17.7 Å². The fourth-order valence-electron chi connectivity index (χ4n) is 3.11. The molecule has 1 atom stereocenters. The molecule has 0 fully saturated rings. The molecule has 2 heterocycles. The van der Waals surface area contributed by atoms with E-state index < -0.39 is 0 Å². The quantitative estimate of drug-likeness (QED) is 0.542. The van der Waals surface area contributed by atoms with E-state index in [4.69, 9.17) is 4.42 Å². The minimum Gasteiger partial charge on any atom is -0.468 e. The molecule has 0 saturated heterocycles. The molecule has 1 amide bonds. The maximum Gasteiger partial charge on any atom is 0.230 e. The van der Waals surface area contributed by atoms with Gasteiger partial charge in [-0.3, -0.25) is 9.69 Å². The van der Waals surface area contributed by atoms with Crippen molar-refractivity contribution in [1.29, 1.82) is 0 Å². The Morgan fingerprint density at radius 2 is 2.03 bits per heavy atom. The van der Waals surface area contributed by atoms with E-state index in [1.807, 2.05) is 53.9 Å². The number of amides is 1. The Labute approximate surface area is 175 Å². The number of hydrogen-bond donors (Lipinski definition) is 1. The van der Waals surface area contributed by atoms with Crippen LogP contribution in [-0.2, 0) is 11.3 Å². The van der Waals surface area contributed by atoms with Gasteiger partial charge in [0, 0.05) is 18.7 Å². The molecule has 154 valence electrons. The number of furan rings is 1. The topological polar surface area (TPSA) is 76.2 Å². The largest absolute Gasteiger partial charge is 0.468 e. The van der Waals surface area contributed by atoms with Crippen molar-refractivity contribution < 1.29 is 9.21 Å². The predicted molar refractivity (Wildman–Crippen MR) is 115 cm³/mol. The molecule has 0 aliphatic carbocycles. The summed E-state index contributed by atoms with van der Waals surface area (Å²) in [6.07, 6.45) is 1.65. The number of benzene rings is 1. The molecule has 3 rings (SSSR count). The first-order chi connectivity index (χ1) is 14.0. The molecule has 0 bridgehead atoms. The van der Waals surface area contributed by atoms with Crippen LogP contribution in [0.25, 0.3) is 11.4 Å². The Balaban J connectivity index is 1.61. The SMILES string of the molecule is CCn1c(SCC(=O)NCC(c2ccco2)N(C)C)nnc1-c1ccccc1C. The van der Waals surface area contributed by atoms with Crippen LogP contribution in [0, 0.1) is 6.92 Å². The van der Waals surface area contributed by atoms with E-state index >= 15 is 0 Å². The van der Waals surface area contributed by atoms with Gasteiger partial charge in [0.2, 0.25) is 5.91 Å². The van der Waals surface area contributed by atoms with Gasteiger partial charge in [-0.15, -0.1) is 10.2 Å². The molecule has 0 spiro atoms. The molecule has 0 aliphatic heterocycles. The second-order valence-corrected chi connectivity index (χ2v) is 7.90. The van der Waals surface area contributed by atoms with Crippen LogP contribution in [0.5, 0.6) is 0 Å². The molecule has 1 aromatic carbocycles. The number of nitrogens with zero attached hydrogens (tertiary/aromatic N) is 4. The standard InChI is InChI=1S/C21H27N5O2S/c1-5-26-20(16-10-7-6-9-15(16)2)23-24-21(26)29-14-19(27)22-13-17(25(3)4)18-11-8-12-28-18/h6-12,17H,5,13-14H2,1-4H3,(H,22,27). The number of carbonyl (C=O) groups is 1. The van der Waals surface area contributed by atoms with Crippen LogP contribution >= 0.6 is 11.8 Å². The van der Waals surface area contributed by atoms with Crippen molar-refractivity contribution >= 4 is 17.7 Å². The van der Waals surface area contributed by atoms with Crippen molar-refractivity contribution in [2.45, 2.75) is 31.6 Å². The zero-order chi connectivity index (χ0) is 20.8. The van der Waals surface area contributed by atoms with E-state index in [9.17, 15) is 4.79 Å². The lowest BCUT2D eigenvalue weighted by Gasteiger charge is -2.22. The van der Waals surface area contributed by atoms with Gasteiger partial charge in [-0.1, -0.05) is 36.0 Å². The van der Waals surface area contributed by atoms with Gasteiger partial charge < -0.3 is 14.3 Å². The molecule has 0 radical (unpaired) electrons. The Morgan fingerprint density at radius 1 is 1.24 bits per heavy atom. The van der Waals surface area contributed by atoms with Gasteiger partial charge in [0.1, 0.15) is 5.76 Å². The smallest absolute Gasteiger partial charge is 0.230 e. The van der Waals surface area contributed by atoms with E-state index in [0.29, 0.717) is 6.54 Å². The number of nitrogens with one attached hydrogen (secondary N) is 1. The van der Waals surface area contributed by atoms with Gasteiger partial charge in [0.05, 0.1) is 18.1 Å². The number of aromatic nitrogens is 3. The van der Waals surface area contributed by atoms with Gasteiger partial charge in [-0.2, -0.15) is 0 Å². The number of carbonyl (C=O) groups excluding carboxylic acids is 1. The van der Waals surface area contributed by atoms with Crippen LogP contribution in [0.3, 0.4) is 0 Å².